The lowest BCUT2D eigenvalue weighted by molar-refractivity contribution is 0.313. The van der Waals surface area contributed by atoms with Crippen molar-refractivity contribution in [1.29, 1.82) is 0 Å². The Morgan fingerprint density at radius 1 is 1.28 bits per heavy atom. The molecule has 0 saturated carbocycles. The third kappa shape index (κ3) is 1.81. The van der Waals surface area contributed by atoms with Gasteiger partial charge in [0.15, 0.2) is 0 Å². The molecule has 1 aliphatic carbocycles. The van der Waals surface area contributed by atoms with E-state index in [1.54, 1.807) is 0 Å². The second kappa shape index (κ2) is 3.96. The molecule has 0 aliphatic heterocycles. The molecule has 0 radical (unpaired) electrons. The number of halogens is 1. The summed E-state index contributed by atoms with van der Waals surface area (Å²) in [5.41, 5.74) is 5.10. The first-order valence-corrected chi connectivity index (χ1v) is 6.92. The predicted molar refractivity (Wildman–Crippen MR) is 77.3 cm³/mol. The van der Waals surface area contributed by atoms with Crippen LogP contribution in [0, 0.1) is 12.3 Å². The van der Waals surface area contributed by atoms with Gasteiger partial charge in [-0.15, -0.1) is 0 Å². The first-order chi connectivity index (χ1) is 8.48. The number of hydrogen-bond acceptors (Lipinski definition) is 1. The fraction of sp³-hybridized carbons (Fsp3) is 0.438. The first-order valence-electron chi connectivity index (χ1n) is 6.54. The molecule has 0 bridgehead atoms. The standard InChI is InChI=1S/C16H18ClN/c1-10-5-4-6-11-14(17)12-9-16(2,3)8-7-13(12)18-15(10)11/h4-6H,7-9H2,1-3H3. The number of rotatable bonds is 0. The highest BCUT2D eigenvalue weighted by atomic mass is 35.5. The molecule has 1 heterocycles. The Bertz CT molecular complexity index is 629. The molecular weight excluding hydrogens is 242 g/mol. The smallest absolute Gasteiger partial charge is 0.0749 e. The van der Waals surface area contributed by atoms with E-state index in [1.165, 1.54) is 23.2 Å². The Balaban J connectivity index is 2.30. The topological polar surface area (TPSA) is 12.9 Å². The van der Waals surface area contributed by atoms with E-state index in [1.807, 2.05) is 0 Å². The molecule has 3 rings (SSSR count). The van der Waals surface area contributed by atoms with Gasteiger partial charge in [0.05, 0.1) is 10.5 Å². The zero-order chi connectivity index (χ0) is 12.9. The van der Waals surface area contributed by atoms with Crippen LogP contribution in [0.5, 0.6) is 0 Å². The van der Waals surface area contributed by atoms with Crippen molar-refractivity contribution in [2.75, 3.05) is 0 Å². The van der Waals surface area contributed by atoms with Crippen LogP contribution < -0.4 is 0 Å². The summed E-state index contributed by atoms with van der Waals surface area (Å²) in [6.07, 6.45) is 3.28. The fourth-order valence-electron chi connectivity index (χ4n) is 2.89. The lowest BCUT2D eigenvalue weighted by Crippen LogP contribution is -2.23. The molecule has 1 nitrogen and oxygen atoms in total. The van der Waals surface area contributed by atoms with Crippen LogP contribution in [0.4, 0.5) is 0 Å². The van der Waals surface area contributed by atoms with Crippen molar-refractivity contribution in [3.63, 3.8) is 0 Å². The maximum atomic E-state index is 6.62. The third-order valence-corrected chi connectivity index (χ3v) is 4.46. The molecule has 0 amide bonds. The van der Waals surface area contributed by atoms with E-state index >= 15 is 0 Å². The van der Waals surface area contributed by atoms with Gasteiger partial charge >= 0.3 is 0 Å². The van der Waals surface area contributed by atoms with Gasteiger partial charge in [0, 0.05) is 11.1 Å². The van der Waals surface area contributed by atoms with Crippen LogP contribution in [0.3, 0.4) is 0 Å². The molecule has 0 saturated heterocycles. The van der Waals surface area contributed by atoms with Crippen LogP contribution in [0.25, 0.3) is 10.9 Å². The van der Waals surface area contributed by atoms with Gasteiger partial charge < -0.3 is 0 Å². The summed E-state index contributed by atoms with van der Waals surface area (Å²) in [5, 5.41) is 2.03. The van der Waals surface area contributed by atoms with Crippen molar-refractivity contribution in [2.24, 2.45) is 5.41 Å². The quantitative estimate of drug-likeness (QED) is 0.668. The lowest BCUT2D eigenvalue weighted by atomic mass is 9.75. The van der Waals surface area contributed by atoms with Crippen LogP contribution in [-0.2, 0) is 12.8 Å². The van der Waals surface area contributed by atoms with Gasteiger partial charge in [-0.1, -0.05) is 43.6 Å². The molecular formula is C16H18ClN. The first kappa shape index (κ1) is 12.0. The molecule has 0 fully saturated rings. The van der Waals surface area contributed by atoms with Crippen molar-refractivity contribution in [3.05, 3.63) is 40.0 Å². The van der Waals surface area contributed by atoms with Crippen molar-refractivity contribution in [3.8, 4) is 0 Å². The highest BCUT2D eigenvalue weighted by molar-refractivity contribution is 6.36. The van der Waals surface area contributed by atoms with Crippen LogP contribution >= 0.6 is 11.6 Å². The highest BCUT2D eigenvalue weighted by Gasteiger charge is 2.28. The maximum absolute atomic E-state index is 6.62. The van der Waals surface area contributed by atoms with Crippen molar-refractivity contribution < 1.29 is 0 Å². The molecule has 1 aliphatic rings. The van der Waals surface area contributed by atoms with Crippen molar-refractivity contribution in [1.82, 2.24) is 4.98 Å². The minimum absolute atomic E-state index is 0.343. The van der Waals surface area contributed by atoms with Gasteiger partial charge in [0.25, 0.3) is 0 Å². The molecule has 94 valence electrons. The predicted octanol–water partition coefficient (Wildman–Crippen LogP) is 4.71. The molecule has 0 unspecified atom stereocenters. The average molecular weight is 260 g/mol. The summed E-state index contributed by atoms with van der Waals surface area (Å²) in [4.78, 5) is 4.86. The second-order valence-corrected chi connectivity index (χ2v) is 6.54. The Kier molecular flexibility index (Phi) is 2.63. The van der Waals surface area contributed by atoms with E-state index in [0.717, 1.165) is 28.8 Å². The Morgan fingerprint density at radius 2 is 2.06 bits per heavy atom. The van der Waals surface area contributed by atoms with E-state index in [-0.39, 0.29) is 0 Å². The lowest BCUT2D eigenvalue weighted by Gasteiger charge is -2.31. The number of hydrogen-bond donors (Lipinski definition) is 0. The largest absolute Gasteiger partial charge is 0.252 e. The summed E-state index contributed by atoms with van der Waals surface area (Å²) in [6.45, 7) is 6.73. The number of para-hydroxylation sites is 1. The Hall–Kier alpha value is -1.08. The SMILES string of the molecule is Cc1cccc2c(Cl)c3c(nc12)CCC(C)(C)C3. The number of aryl methyl sites for hydroxylation is 2. The molecule has 2 aromatic rings. The molecule has 0 spiro atoms. The van der Waals surface area contributed by atoms with E-state index in [9.17, 15) is 0 Å². The molecule has 1 aromatic heterocycles. The van der Waals surface area contributed by atoms with Gasteiger partial charge in [-0.05, 0) is 42.7 Å². The van der Waals surface area contributed by atoms with Crippen molar-refractivity contribution in [2.45, 2.75) is 40.0 Å². The van der Waals surface area contributed by atoms with E-state index < -0.39 is 0 Å². The van der Waals surface area contributed by atoms with Gasteiger partial charge in [-0.25, -0.2) is 0 Å². The minimum atomic E-state index is 0.343. The second-order valence-electron chi connectivity index (χ2n) is 6.16. The summed E-state index contributed by atoms with van der Waals surface area (Å²) in [5.74, 6) is 0. The maximum Gasteiger partial charge on any atom is 0.0749 e. The van der Waals surface area contributed by atoms with Gasteiger partial charge in [0.1, 0.15) is 0 Å². The third-order valence-electron chi connectivity index (χ3n) is 4.03. The molecule has 1 aromatic carbocycles. The zero-order valence-electron chi connectivity index (χ0n) is 11.2. The monoisotopic (exact) mass is 259 g/mol. The normalized spacial score (nSPS) is 17.8. The molecule has 0 atom stereocenters. The Labute approximate surface area is 113 Å². The van der Waals surface area contributed by atoms with Gasteiger partial charge in [0.2, 0.25) is 0 Å². The van der Waals surface area contributed by atoms with E-state index in [4.69, 9.17) is 16.6 Å². The minimum Gasteiger partial charge on any atom is -0.252 e. The summed E-state index contributed by atoms with van der Waals surface area (Å²) >= 11 is 6.62. The molecule has 18 heavy (non-hydrogen) atoms. The fourth-order valence-corrected chi connectivity index (χ4v) is 3.21. The van der Waals surface area contributed by atoms with Gasteiger partial charge in [-0.3, -0.25) is 4.98 Å². The average Bonchev–Trinajstić information content (AvgIpc) is 2.31. The van der Waals surface area contributed by atoms with E-state index in [0.29, 0.717) is 5.41 Å². The highest BCUT2D eigenvalue weighted by Crippen LogP contribution is 2.40. The zero-order valence-corrected chi connectivity index (χ0v) is 11.9. The van der Waals surface area contributed by atoms with E-state index in [2.05, 4.69) is 39.0 Å². The molecule has 2 heteroatoms. The summed E-state index contributed by atoms with van der Waals surface area (Å²) in [6, 6.07) is 6.25. The van der Waals surface area contributed by atoms with Crippen LogP contribution in [0.15, 0.2) is 18.2 Å². The Morgan fingerprint density at radius 3 is 2.83 bits per heavy atom. The van der Waals surface area contributed by atoms with Gasteiger partial charge in [-0.2, -0.15) is 0 Å². The number of nitrogens with zero attached hydrogens (tertiary/aromatic N) is 1. The van der Waals surface area contributed by atoms with Crippen molar-refractivity contribution >= 4 is 22.5 Å². The number of aromatic nitrogens is 1. The number of fused-ring (bicyclic) bond motifs is 2. The van der Waals surface area contributed by atoms with Crippen LogP contribution in [-0.4, -0.2) is 4.98 Å². The summed E-state index contributed by atoms with van der Waals surface area (Å²) in [7, 11) is 0. The number of benzene rings is 1. The molecule has 0 N–H and O–H groups in total. The van der Waals surface area contributed by atoms with Crippen LogP contribution in [0.2, 0.25) is 5.02 Å². The van der Waals surface area contributed by atoms with Crippen LogP contribution in [0.1, 0.15) is 37.1 Å². The number of pyridine rings is 1. The summed E-state index contributed by atoms with van der Waals surface area (Å²) < 4.78 is 0.